The molecular formula is C22H24N4O3. The molecule has 5 rings (SSSR count). The van der Waals surface area contributed by atoms with Gasteiger partial charge in [-0.25, -0.2) is 9.78 Å². The summed E-state index contributed by atoms with van der Waals surface area (Å²) in [5, 5.41) is 3.03. The molecule has 0 spiro atoms. The Morgan fingerprint density at radius 3 is 2.83 bits per heavy atom. The molecule has 2 aliphatic rings. The number of hydrogen-bond donors (Lipinski definition) is 2. The fourth-order valence-electron chi connectivity index (χ4n) is 4.03. The summed E-state index contributed by atoms with van der Waals surface area (Å²) in [6, 6.07) is 13.3. The van der Waals surface area contributed by atoms with Crippen molar-refractivity contribution in [3.8, 4) is 11.5 Å². The van der Waals surface area contributed by atoms with Crippen LogP contribution in [-0.4, -0.2) is 40.7 Å². The number of H-pyrrole nitrogens is 1. The monoisotopic (exact) mass is 392 g/mol. The zero-order valence-corrected chi connectivity index (χ0v) is 16.2. The molecule has 1 saturated heterocycles. The largest absolute Gasteiger partial charge is 0.490 e. The van der Waals surface area contributed by atoms with E-state index in [0.29, 0.717) is 31.2 Å². The molecule has 1 aromatic heterocycles. The van der Waals surface area contributed by atoms with E-state index in [1.54, 1.807) is 0 Å². The molecule has 1 fully saturated rings. The third-order valence-electron chi connectivity index (χ3n) is 5.49. The molecule has 150 valence electrons. The van der Waals surface area contributed by atoms with Crippen molar-refractivity contribution in [2.24, 2.45) is 0 Å². The Labute approximate surface area is 169 Å². The van der Waals surface area contributed by atoms with Gasteiger partial charge in [-0.3, -0.25) is 0 Å². The fourth-order valence-corrected chi connectivity index (χ4v) is 4.03. The number of benzene rings is 2. The lowest BCUT2D eigenvalue weighted by Gasteiger charge is -2.34. The summed E-state index contributed by atoms with van der Waals surface area (Å²) in [7, 11) is 0. The fraction of sp³-hybridized carbons (Fsp3) is 0.364. The first-order chi connectivity index (χ1) is 14.3. The zero-order chi connectivity index (χ0) is 19.6. The van der Waals surface area contributed by atoms with Crippen LogP contribution in [0.1, 0.15) is 37.5 Å². The van der Waals surface area contributed by atoms with Crippen LogP contribution in [0.15, 0.2) is 42.5 Å². The molecule has 0 aliphatic carbocycles. The summed E-state index contributed by atoms with van der Waals surface area (Å²) in [6.07, 6.45) is 3.82. The Balaban J connectivity index is 1.36. The number of aromatic amines is 1. The van der Waals surface area contributed by atoms with Gasteiger partial charge in [0.1, 0.15) is 5.82 Å². The van der Waals surface area contributed by atoms with E-state index >= 15 is 0 Å². The van der Waals surface area contributed by atoms with Crippen molar-refractivity contribution in [2.45, 2.75) is 31.7 Å². The van der Waals surface area contributed by atoms with E-state index in [2.05, 4.69) is 10.3 Å². The van der Waals surface area contributed by atoms with Crippen LogP contribution in [0.2, 0.25) is 0 Å². The summed E-state index contributed by atoms with van der Waals surface area (Å²) in [5.41, 5.74) is 2.63. The van der Waals surface area contributed by atoms with Gasteiger partial charge in [-0.2, -0.15) is 0 Å². The highest BCUT2D eigenvalue weighted by Gasteiger charge is 2.30. The average Bonchev–Trinajstić information content (AvgIpc) is 3.05. The molecular weight excluding hydrogens is 368 g/mol. The average molecular weight is 392 g/mol. The van der Waals surface area contributed by atoms with Gasteiger partial charge in [-0.15, -0.1) is 0 Å². The Morgan fingerprint density at radius 1 is 1.07 bits per heavy atom. The number of amides is 2. The van der Waals surface area contributed by atoms with E-state index in [4.69, 9.17) is 14.5 Å². The van der Waals surface area contributed by atoms with Crippen LogP contribution in [0.4, 0.5) is 10.5 Å². The first-order valence-corrected chi connectivity index (χ1v) is 10.2. The second kappa shape index (κ2) is 7.66. The molecule has 0 unspecified atom stereocenters. The minimum absolute atomic E-state index is 0.0587. The second-order valence-electron chi connectivity index (χ2n) is 7.49. The first-order valence-electron chi connectivity index (χ1n) is 10.2. The van der Waals surface area contributed by atoms with Gasteiger partial charge in [-0.1, -0.05) is 12.1 Å². The van der Waals surface area contributed by atoms with Crippen LogP contribution >= 0.6 is 0 Å². The number of para-hydroxylation sites is 2. The predicted molar refractivity (Wildman–Crippen MR) is 110 cm³/mol. The van der Waals surface area contributed by atoms with Crippen molar-refractivity contribution in [1.82, 2.24) is 14.9 Å². The molecule has 7 nitrogen and oxygen atoms in total. The van der Waals surface area contributed by atoms with Gasteiger partial charge in [0.15, 0.2) is 11.5 Å². The van der Waals surface area contributed by atoms with Crippen LogP contribution in [0.25, 0.3) is 11.0 Å². The van der Waals surface area contributed by atoms with E-state index in [-0.39, 0.29) is 12.1 Å². The number of urea groups is 1. The SMILES string of the molecule is O=C(Nc1ccc2c(c1)OCCCO2)N1CCCC[C@H]1c1nc2ccccc2[nH]1. The maximum Gasteiger partial charge on any atom is 0.322 e. The Hall–Kier alpha value is -3.22. The maximum atomic E-state index is 13.1. The minimum atomic E-state index is -0.121. The lowest BCUT2D eigenvalue weighted by molar-refractivity contribution is 0.160. The van der Waals surface area contributed by atoms with E-state index in [0.717, 1.165) is 48.3 Å². The standard InChI is InChI=1S/C22H24N4O3/c27-22(23-15-9-10-19-20(14-15)29-13-5-12-28-19)26-11-4-3-8-18(26)21-24-16-6-1-2-7-17(16)25-21/h1-2,6-7,9-10,14,18H,3-5,8,11-13H2,(H,23,27)(H,24,25)/t18-/m0/s1. The number of anilines is 1. The van der Waals surface area contributed by atoms with Gasteiger partial charge >= 0.3 is 6.03 Å². The van der Waals surface area contributed by atoms with E-state index in [1.165, 1.54) is 0 Å². The summed E-state index contributed by atoms with van der Waals surface area (Å²) >= 11 is 0. The number of aromatic nitrogens is 2. The number of carbonyl (C=O) groups excluding carboxylic acids is 1. The number of imidazole rings is 1. The third-order valence-corrected chi connectivity index (χ3v) is 5.49. The highest BCUT2D eigenvalue weighted by Crippen LogP contribution is 2.34. The minimum Gasteiger partial charge on any atom is -0.490 e. The summed E-state index contributed by atoms with van der Waals surface area (Å²) in [4.78, 5) is 23.1. The number of rotatable bonds is 2. The van der Waals surface area contributed by atoms with Crippen LogP contribution in [0.3, 0.4) is 0 Å². The highest BCUT2D eigenvalue weighted by atomic mass is 16.5. The highest BCUT2D eigenvalue weighted by molar-refractivity contribution is 5.90. The number of likely N-dealkylation sites (tertiary alicyclic amines) is 1. The molecule has 0 bridgehead atoms. The molecule has 0 saturated carbocycles. The molecule has 29 heavy (non-hydrogen) atoms. The quantitative estimate of drug-likeness (QED) is 0.674. The number of carbonyl (C=O) groups is 1. The van der Waals surface area contributed by atoms with Crippen molar-refractivity contribution in [1.29, 1.82) is 0 Å². The van der Waals surface area contributed by atoms with Crippen molar-refractivity contribution < 1.29 is 14.3 Å². The summed E-state index contributed by atoms with van der Waals surface area (Å²) in [6.45, 7) is 1.97. The molecule has 2 N–H and O–H groups in total. The Bertz CT molecular complexity index is 999. The molecule has 2 aromatic carbocycles. The maximum absolute atomic E-state index is 13.1. The Morgan fingerprint density at radius 2 is 1.93 bits per heavy atom. The van der Waals surface area contributed by atoms with Crippen molar-refractivity contribution in [3.05, 3.63) is 48.3 Å². The first kappa shape index (κ1) is 17.8. The van der Waals surface area contributed by atoms with Gasteiger partial charge in [0.05, 0.1) is 30.3 Å². The lowest BCUT2D eigenvalue weighted by Crippen LogP contribution is -2.41. The van der Waals surface area contributed by atoms with E-state index in [1.807, 2.05) is 47.4 Å². The molecule has 3 heterocycles. The molecule has 1 atom stereocenters. The van der Waals surface area contributed by atoms with Gasteiger partial charge in [0.25, 0.3) is 0 Å². The third kappa shape index (κ3) is 3.60. The van der Waals surface area contributed by atoms with Gasteiger partial charge in [0.2, 0.25) is 0 Å². The number of fused-ring (bicyclic) bond motifs is 2. The van der Waals surface area contributed by atoms with Crippen LogP contribution in [0.5, 0.6) is 11.5 Å². The topological polar surface area (TPSA) is 79.5 Å². The van der Waals surface area contributed by atoms with E-state index < -0.39 is 0 Å². The predicted octanol–water partition coefficient (Wildman–Crippen LogP) is 4.48. The number of nitrogens with zero attached hydrogens (tertiary/aromatic N) is 2. The Kier molecular flexibility index (Phi) is 4.71. The van der Waals surface area contributed by atoms with Crippen LogP contribution in [-0.2, 0) is 0 Å². The van der Waals surface area contributed by atoms with Crippen molar-refractivity contribution >= 4 is 22.8 Å². The number of ether oxygens (including phenoxy) is 2. The smallest absolute Gasteiger partial charge is 0.322 e. The zero-order valence-electron chi connectivity index (χ0n) is 16.2. The van der Waals surface area contributed by atoms with Gasteiger partial charge in [0, 0.05) is 24.7 Å². The molecule has 3 aromatic rings. The summed E-state index contributed by atoms with van der Waals surface area (Å²) in [5.74, 6) is 2.24. The lowest BCUT2D eigenvalue weighted by atomic mass is 10.0. The van der Waals surface area contributed by atoms with Gasteiger partial charge in [-0.05, 0) is 43.5 Å². The number of nitrogens with one attached hydrogen (secondary N) is 2. The summed E-state index contributed by atoms with van der Waals surface area (Å²) < 4.78 is 11.4. The molecule has 0 radical (unpaired) electrons. The van der Waals surface area contributed by atoms with Gasteiger partial charge < -0.3 is 24.7 Å². The number of piperidine rings is 1. The number of hydrogen-bond acceptors (Lipinski definition) is 4. The molecule has 2 amide bonds. The molecule has 7 heteroatoms. The second-order valence-corrected chi connectivity index (χ2v) is 7.49. The van der Waals surface area contributed by atoms with Crippen molar-refractivity contribution in [3.63, 3.8) is 0 Å². The van der Waals surface area contributed by atoms with Crippen molar-refractivity contribution in [2.75, 3.05) is 25.1 Å². The van der Waals surface area contributed by atoms with E-state index in [9.17, 15) is 4.79 Å². The molecule has 2 aliphatic heterocycles. The van der Waals surface area contributed by atoms with Crippen LogP contribution in [0, 0.1) is 0 Å². The normalized spacial score (nSPS) is 19.0. The van der Waals surface area contributed by atoms with Crippen LogP contribution < -0.4 is 14.8 Å².